The maximum atomic E-state index is 12.9. The molecule has 1 heterocycles. The van der Waals surface area contributed by atoms with E-state index in [2.05, 4.69) is 10.1 Å². The van der Waals surface area contributed by atoms with Gasteiger partial charge in [0, 0.05) is 5.56 Å². The standard InChI is InChI=1S/C9H9FN4O/c10-6-2-1-5(3-7(6)12)9-13-8(4-11)15-14-9/h1-3H,4,11-12H2. The number of hydrogen-bond acceptors (Lipinski definition) is 5. The van der Waals surface area contributed by atoms with Crippen LogP contribution in [0.4, 0.5) is 10.1 Å². The monoisotopic (exact) mass is 208 g/mol. The maximum absolute atomic E-state index is 12.9. The Morgan fingerprint density at radius 2 is 2.20 bits per heavy atom. The zero-order chi connectivity index (χ0) is 10.8. The van der Waals surface area contributed by atoms with Crippen LogP contribution in [0.1, 0.15) is 5.89 Å². The first-order chi connectivity index (χ1) is 7.20. The molecule has 78 valence electrons. The second-order valence-electron chi connectivity index (χ2n) is 2.95. The van der Waals surface area contributed by atoms with E-state index in [1.54, 1.807) is 0 Å². The lowest BCUT2D eigenvalue weighted by Crippen LogP contribution is -1.96. The van der Waals surface area contributed by atoms with Crippen molar-refractivity contribution in [3.63, 3.8) is 0 Å². The van der Waals surface area contributed by atoms with Crippen LogP contribution in [0.25, 0.3) is 11.4 Å². The van der Waals surface area contributed by atoms with Crippen LogP contribution in [-0.2, 0) is 6.54 Å². The average Bonchev–Trinajstić information content (AvgIpc) is 2.70. The summed E-state index contributed by atoms with van der Waals surface area (Å²) >= 11 is 0. The highest BCUT2D eigenvalue weighted by Crippen LogP contribution is 2.20. The van der Waals surface area contributed by atoms with Gasteiger partial charge in [0.2, 0.25) is 11.7 Å². The molecule has 4 N–H and O–H groups in total. The van der Waals surface area contributed by atoms with Crippen molar-refractivity contribution in [3.8, 4) is 11.4 Å². The van der Waals surface area contributed by atoms with Gasteiger partial charge in [-0.25, -0.2) is 4.39 Å². The molecule has 0 saturated heterocycles. The molecule has 0 spiro atoms. The Bertz CT molecular complexity index is 483. The van der Waals surface area contributed by atoms with Crippen molar-refractivity contribution >= 4 is 5.69 Å². The van der Waals surface area contributed by atoms with E-state index in [4.69, 9.17) is 16.0 Å². The fourth-order valence-corrected chi connectivity index (χ4v) is 1.14. The highest BCUT2D eigenvalue weighted by Gasteiger charge is 2.08. The van der Waals surface area contributed by atoms with Crippen molar-refractivity contribution < 1.29 is 8.91 Å². The van der Waals surface area contributed by atoms with Crippen molar-refractivity contribution in [2.24, 2.45) is 5.73 Å². The van der Waals surface area contributed by atoms with Crippen LogP contribution in [0.15, 0.2) is 22.7 Å². The summed E-state index contributed by atoms with van der Waals surface area (Å²) < 4.78 is 17.7. The fraction of sp³-hybridized carbons (Fsp3) is 0.111. The van der Waals surface area contributed by atoms with Gasteiger partial charge in [0.05, 0.1) is 12.2 Å². The first-order valence-corrected chi connectivity index (χ1v) is 4.29. The normalized spacial score (nSPS) is 10.5. The molecule has 15 heavy (non-hydrogen) atoms. The van der Waals surface area contributed by atoms with Gasteiger partial charge in [0.15, 0.2) is 0 Å². The number of halogens is 1. The highest BCUT2D eigenvalue weighted by molar-refractivity contribution is 5.60. The molecule has 2 rings (SSSR count). The van der Waals surface area contributed by atoms with Crippen LogP contribution < -0.4 is 11.5 Å². The zero-order valence-electron chi connectivity index (χ0n) is 7.77. The van der Waals surface area contributed by atoms with Crippen LogP contribution in [-0.4, -0.2) is 10.1 Å². The van der Waals surface area contributed by atoms with Crippen LogP contribution in [0, 0.1) is 5.82 Å². The van der Waals surface area contributed by atoms with E-state index in [1.807, 2.05) is 0 Å². The second kappa shape index (κ2) is 3.66. The summed E-state index contributed by atoms with van der Waals surface area (Å²) in [4.78, 5) is 3.99. The SMILES string of the molecule is NCc1nc(-c2ccc(F)c(N)c2)no1. The summed E-state index contributed by atoms with van der Waals surface area (Å²) in [5, 5.41) is 3.68. The molecular formula is C9H9FN4O. The first-order valence-electron chi connectivity index (χ1n) is 4.29. The number of rotatable bonds is 2. The topological polar surface area (TPSA) is 91.0 Å². The van der Waals surface area contributed by atoms with E-state index in [9.17, 15) is 4.39 Å². The molecule has 0 radical (unpaired) electrons. The first kappa shape index (κ1) is 9.60. The zero-order valence-corrected chi connectivity index (χ0v) is 7.77. The van der Waals surface area contributed by atoms with E-state index >= 15 is 0 Å². The summed E-state index contributed by atoms with van der Waals surface area (Å²) in [6.07, 6.45) is 0. The molecule has 0 atom stereocenters. The third-order valence-electron chi connectivity index (χ3n) is 1.90. The minimum atomic E-state index is -0.471. The van der Waals surface area contributed by atoms with Gasteiger partial charge >= 0.3 is 0 Å². The molecule has 0 aliphatic heterocycles. The lowest BCUT2D eigenvalue weighted by Gasteiger charge is -1.97. The van der Waals surface area contributed by atoms with E-state index < -0.39 is 5.82 Å². The number of aromatic nitrogens is 2. The Morgan fingerprint density at radius 3 is 2.80 bits per heavy atom. The molecule has 0 aliphatic rings. The number of anilines is 1. The molecule has 5 nitrogen and oxygen atoms in total. The molecule has 0 fully saturated rings. The number of hydrogen-bond donors (Lipinski definition) is 2. The number of benzene rings is 1. The molecule has 0 aliphatic carbocycles. The van der Waals surface area contributed by atoms with Crippen molar-refractivity contribution in [1.29, 1.82) is 0 Å². The number of nitrogens with zero attached hydrogens (tertiary/aromatic N) is 2. The predicted octanol–water partition coefficient (Wildman–Crippen LogP) is 0.917. The smallest absolute Gasteiger partial charge is 0.240 e. The van der Waals surface area contributed by atoms with Crippen LogP contribution in [0.2, 0.25) is 0 Å². The van der Waals surface area contributed by atoms with Crippen LogP contribution >= 0.6 is 0 Å². The van der Waals surface area contributed by atoms with Gasteiger partial charge in [0.1, 0.15) is 5.82 Å². The number of nitrogen functional groups attached to an aromatic ring is 1. The Morgan fingerprint density at radius 1 is 1.40 bits per heavy atom. The van der Waals surface area contributed by atoms with Crippen molar-refractivity contribution in [2.75, 3.05) is 5.73 Å². The minimum Gasteiger partial charge on any atom is -0.396 e. The van der Waals surface area contributed by atoms with Gasteiger partial charge in [-0.3, -0.25) is 0 Å². The third kappa shape index (κ3) is 1.79. The van der Waals surface area contributed by atoms with E-state index in [0.29, 0.717) is 17.3 Å². The minimum absolute atomic E-state index is 0.0478. The van der Waals surface area contributed by atoms with Gasteiger partial charge in [-0.05, 0) is 18.2 Å². The van der Waals surface area contributed by atoms with Crippen LogP contribution in [0.5, 0.6) is 0 Å². The summed E-state index contributed by atoms with van der Waals surface area (Å²) in [7, 11) is 0. The fourth-order valence-electron chi connectivity index (χ4n) is 1.14. The van der Waals surface area contributed by atoms with E-state index in [0.717, 1.165) is 0 Å². The van der Waals surface area contributed by atoms with Gasteiger partial charge in [-0.1, -0.05) is 5.16 Å². The summed E-state index contributed by atoms with van der Waals surface area (Å²) in [6, 6.07) is 4.22. The lowest BCUT2D eigenvalue weighted by atomic mass is 10.2. The van der Waals surface area contributed by atoms with Gasteiger partial charge in [-0.15, -0.1) is 0 Å². The largest absolute Gasteiger partial charge is 0.396 e. The average molecular weight is 208 g/mol. The molecular weight excluding hydrogens is 199 g/mol. The van der Waals surface area contributed by atoms with Gasteiger partial charge < -0.3 is 16.0 Å². The highest BCUT2D eigenvalue weighted by atomic mass is 19.1. The molecule has 0 unspecified atom stereocenters. The number of nitrogens with two attached hydrogens (primary N) is 2. The molecule has 0 bridgehead atoms. The van der Waals surface area contributed by atoms with Crippen molar-refractivity contribution in [3.05, 3.63) is 29.9 Å². The summed E-state index contributed by atoms with van der Waals surface area (Å²) in [6.45, 7) is 0.170. The summed E-state index contributed by atoms with van der Waals surface area (Å²) in [5.41, 5.74) is 11.4. The molecule has 6 heteroatoms. The quantitative estimate of drug-likeness (QED) is 0.716. The predicted molar refractivity (Wildman–Crippen MR) is 52.0 cm³/mol. The third-order valence-corrected chi connectivity index (χ3v) is 1.90. The Balaban J connectivity index is 2.40. The molecule has 0 saturated carbocycles. The lowest BCUT2D eigenvalue weighted by molar-refractivity contribution is 0.380. The molecule has 1 aromatic heterocycles. The summed E-state index contributed by atoms with van der Waals surface area (Å²) in [5.74, 6) is 0.205. The van der Waals surface area contributed by atoms with Gasteiger partial charge in [0.25, 0.3) is 0 Å². The van der Waals surface area contributed by atoms with E-state index in [1.165, 1.54) is 18.2 Å². The Labute approximate surface area is 84.9 Å². The van der Waals surface area contributed by atoms with Gasteiger partial charge in [-0.2, -0.15) is 4.98 Å². The molecule has 2 aromatic rings. The molecule has 0 amide bonds. The Hall–Kier alpha value is -1.95. The van der Waals surface area contributed by atoms with Crippen molar-refractivity contribution in [2.45, 2.75) is 6.54 Å². The Kier molecular flexibility index (Phi) is 2.34. The van der Waals surface area contributed by atoms with Crippen molar-refractivity contribution in [1.82, 2.24) is 10.1 Å². The van der Waals surface area contributed by atoms with Crippen LogP contribution in [0.3, 0.4) is 0 Å². The van der Waals surface area contributed by atoms with E-state index in [-0.39, 0.29) is 12.2 Å². The molecule has 1 aromatic carbocycles. The maximum Gasteiger partial charge on any atom is 0.240 e. The second-order valence-corrected chi connectivity index (χ2v) is 2.95.